The van der Waals surface area contributed by atoms with E-state index in [2.05, 4.69) is 15.1 Å². The molecule has 2 heterocycles. The quantitative estimate of drug-likeness (QED) is 0.547. The lowest BCUT2D eigenvalue weighted by Crippen LogP contribution is -2.24. The van der Waals surface area contributed by atoms with Gasteiger partial charge in [-0.3, -0.25) is 9.78 Å². The van der Waals surface area contributed by atoms with E-state index < -0.39 is 5.91 Å². The summed E-state index contributed by atoms with van der Waals surface area (Å²) in [6, 6.07) is 9.62. The summed E-state index contributed by atoms with van der Waals surface area (Å²) in [4.78, 5) is 19.9. The van der Waals surface area contributed by atoms with E-state index in [1.54, 1.807) is 17.8 Å². The van der Waals surface area contributed by atoms with E-state index in [1.807, 2.05) is 30.3 Å². The van der Waals surface area contributed by atoms with Crippen LogP contribution in [0.25, 0.3) is 16.6 Å². The molecule has 8 heteroatoms. The number of aliphatic imine (C=N–C) groups is 1. The highest BCUT2D eigenvalue weighted by Crippen LogP contribution is 2.22. The van der Waals surface area contributed by atoms with Gasteiger partial charge >= 0.3 is 0 Å². The molecule has 23 heavy (non-hydrogen) atoms. The van der Waals surface area contributed by atoms with Gasteiger partial charge in [0.1, 0.15) is 0 Å². The number of nitrogens with two attached hydrogens (primary N) is 2. The van der Waals surface area contributed by atoms with Crippen molar-refractivity contribution in [1.29, 1.82) is 0 Å². The summed E-state index contributed by atoms with van der Waals surface area (Å²) in [7, 11) is 0. The molecule has 0 spiro atoms. The Hall–Kier alpha value is -2.93. The number of nitrogens with zero attached hydrogens (tertiary/aromatic N) is 4. The third-order valence-electron chi connectivity index (χ3n) is 3.31. The number of halogens is 1. The fourth-order valence-electron chi connectivity index (χ4n) is 2.30. The Balaban J connectivity index is 0.00000192. The van der Waals surface area contributed by atoms with E-state index in [1.165, 1.54) is 6.20 Å². The van der Waals surface area contributed by atoms with Gasteiger partial charge in [-0.1, -0.05) is 18.2 Å². The molecule has 0 aliphatic carbocycles. The average molecular weight is 331 g/mol. The van der Waals surface area contributed by atoms with Crippen LogP contribution < -0.4 is 11.5 Å². The predicted octanol–water partition coefficient (Wildman–Crippen LogP) is 1.56. The number of hydrogen-bond donors (Lipinski definition) is 2. The summed E-state index contributed by atoms with van der Waals surface area (Å²) in [6.07, 6.45) is 3.17. The third-order valence-corrected chi connectivity index (χ3v) is 3.31. The molecule has 4 N–H and O–H groups in total. The molecule has 2 aromatic heterocycles. The van der Waals surface area contributed by atoms with Crippen LogP contribution in [0, 0.1) is 6.92 Å². The van der Waals surface area contributed by atoms with Gasteiger partial charge in [-0.15, -0.1) is 12.4 Å². The molecule has 0 aliphatic heterocycles. The Kier molecular flexibility index (Phi) is 4.61. The highest BCUT2D eigenvalue weighted by atomic mass is 35.5. The first kappa shape index (κ1) is 16.4. The monoisotopic (exact) mass is 330 g/mol. The maximum atomic E-state index is 12.0. The van der Waals surface area contributed by atoms with Crippen molar-refractivity contribution in [3.05, 3.63) is 54.0 Å². The van der Waals surface area contributed by atoms with Crippen LogP contribution in [-0.4, -0.2) is 26.6 Å². The van der Waals surface area contributed by atoms with E-state index in [-0.39, 0.29) is 18.4 Å². The molecule has 1 aromatic carbocycles. The van der Waals surface area contributed by atoms with Gasteiger partial charge in [0.15, 0.2) is 5.96 Å². The number of benzene rings is 1. The normalized spacial score (nSPS) is 10.1. The number of carbonyl (C=O) groups is 1. The molecule has 1 amide bonds. The summed E-state index contributed by atoms with van der Waals surface area (Å²) in [6.45, 7) is 1.78. The number of hydrogen-bond acceptors (Lipinski definition) is 3. The Labute approximate surface area is 138 Å². The molecule has 7 nitrogen and oxygen atoms in total. The fourth-order valence-corrected chi connectivity index (χ4v) is 2.30. The first-order chi connectivity index (χ1) is 10.6. The molecule has 0 radical (unpaired) electrons. The fraction of sp³-hybridized carbons (Fsp3) is 0.0667. The Bertz CT molecular complexity index is 893. The molecule has 0 saturated carbocycles. The lowest BCUT2D eigenvalue weighted by molar-refractivity contribution is 0.100. The molecule has 3 rings (SSSR count). The Morgan fingerprint density at radius 3 is 2.70 bits per heavy atom. The van der Waals surface area contributed by atoms with Gasteiger partial charge in [0.05, 0.1) is 28.7 Å². The van der Waals surface area contributed by atoms with Crippen LogP contribution in [0.5, 0.6) is 0 Å². The molecular weight excluding hydrogens is 316 g/mol. The summed E-state index contributed by atoms with van der Waals surface area (Å²) >= 11 is 0. The minimum Gasteiger partial charge on any atom is -0.370 e. The number of pyridine rings is 1. The van der Waals surface area contributed by atoms with Gasteiger partial charge < -0.3 is 11.5 Å². The van der Waals surface area contributed by atoms with Crippen molar-refractivity contribution in [2.75, 3.05) is 0 Å². The second-order valence-electron chi connectivity index (χ2n) is 4.75. The van der Waals surface area contributed by atoms with Crippen molar-refractivity contribution in [2.24, 2.45) is 16.5 Å². The molecule has 0 saturated heterocycles. The first-order valence-corrected chi connectivity index (χ1v) is 6.60. The van der Waals surface area contributed by atoms with Gasteiger partial charge in [-0.05, 0) is 19.1 Å². The third kappa shape index (κ3) is 3.00. The van der Waals surface area contributed by atoms with Crippen LogP contribution in [-0.2, 0) is 0 Å². The zero-order chi connectivity index (χ0) is 15.7. The molecule has 3 aromatic rings. The maximum absolute atomic E-state index is 12.0. The van der Waals surface area contributed by atoms with E-state index in [9.17, 15) is 4.79 Å². The minimum absolute atomic E-state index is 0. The summed E-state index contributed by atoms with van der Waals surface area (Å²) in [5, 5.41) is 5.26. The van der Waals surface area contributed by atoms with Crippen LogP contribution in [0.15, 0.2) is 47.7 Å². The van der Waals surface area contributed by atoms with Crippen molar-refractivity contribution < 1.29 is 4.79 Å². The van der Waals surface area contributed by atoms with E-state index in [4.69, 9.17) is 11.5 Å². The number of guanidine groups is 1. The van der Waals surface area contributed by atoms with Gasteiger partial charge in [0.2, 0.25) is 0 Å². The van der Waals surface area contributed by atoms with Crippen molar-refractivity contribution in [3.63, 3.8) is 0 Å². The van der Waals surface area contributed by atoms with Crippen molar-refractivity contribution in [2.45, 2.75) is 6.92 Å². The van der Waals surface area contributed by atoms with Crippen LogP contribution in [0.2, 0.25) is 0 Å². The number of rotatable bonds is 2. The highest BCUT2D eigenvalue weighted by Gasteiger charge is 2.16. The minimum atomic E-state index is -0.517. The molecule has 0 atom stereocenters. The van der Waals surface area contributed by atoms with Crippen molar-refractivity contribution in [1.82, 2.24) is 14.8 Å². The number of fused-ring (bicyclic) bond motifs is 1. The molecule has 0 fully saturated rings. The van der Waals surface area contributed by atoms with Crippen LogP contribution >= 0.6 is 12.4 Å². The summed E-state index contributed by atoms with van der Waals surface area (Å²) in [5.41, 5.74) is 13.1. The van der Waals surface area contributed by atoms with Gasteiger partial charge in [-0.25, -0.2) is 4.68 Å². The zero-order valence-electron chi connectivity index (χ0n) is 12.3. The SMILES string of the molecule is Cc1c(C(=O)N=C(N)N)cnn1-c1cccc2cccnc12.Cl. The lowest BCUT2D eigenvalue weighted by Gasteiger charge is -2.07. The predicted molar refractivity (Wildman–Crippen MR) is 91.0 cm³/mol. The zero-order valence-corrected chi connectivity index (χ0v) is 13.1. The molecule has 0 bridgehead atoms. The Morgan fingerprint density at radius 1 is 1.22 bits per heavy atom. The topological polar surface area (TPSA) is 112 Å². The molecule has 0 aliphatic rings. The average Bonchev–Trinajstić information content (AvgIpc) is 2.87. The number of para-hydroxylation sites is 1. The van der Waals surface area contributed by atoms with Crippen LogP contribution in [0.3, 0.4) is 0 Å². The largest absolute Gasteiger partial charge is 0.370 e. The van der Waals surface area contributed by atoms with E-state index in [0.29, 0.717) is 11.3 Å². The molecule has 0 unspecified atom stereocenters. The second kappa shape index (κ2) is 6.45. The number of aromatic nitrogens is 3. The van der Waals surface area contributed by atoms with Crippen LogP contribution in [0.4, 0.5) is 0 Å². The molecule has 118 valence electrons. The molecular formula is C15H15ClN6O. The second-order valence-corrected chi connectivity index (χ2v) is 4.75. The van der Waals surface area contributed by atoms with E-state index in [0.717, 1.165) is 16.6 Å². The van der Waals surface area contributed by atoms with Crippen molar-refractivity contribution in [3.8, 4) is 5.69 Å². The standard InChI is InChI=1S/C15H14N6O.ClH/c1-9-11(14(22)20-15(16)17)8-19-21(9)12-6-2-4-10-5-3-7-18-13(10)12;/h2-8H,1H3,(H4,16,17,20,22);1H. The smallest absolute Gasteiger partial charge is 0.283 e. The van der Waals surface area contributed by atoms with Gasteiger partial charge in [-0.2, -0.15) is 10.1 Å². The Morgan fingerprint density at radius 2 is 1.96 bits per heavy atom. The highest BCUT2D eigenvalue weighted by molar-refractivity contribution is 6.02. The summed E-state index contributed by atoms with van der Waals surface area (Å²) < 4.78 is 1.66. The van der Waals surface area contributed by atoms with Crippen LogP contribution in [0.1, 0.15) is 16.1 Å². The first-order valence-electron chi connectivity index (χ1n) is 6.60. The lowest BCUT2D eigenvalue weighted by atomic mass is 10.2. The number of amides is 1. The van der Waals surface area contributed by atoms with E-state index >= 15 is 0 Å². The maximum Gasteiger partial charge on any atom is 0.283 e. The number of carbonyl (C=O) groups excluding carboxylic acids is 1. The van der Waals surface area contributed by atoms with Gasteiger partial charge in [0, 0.05) is 11.6 Å². The van der Waals surface area contributed by atoms with Crippen molar-refractivity contribution >= 4 is 35.2 Å². The summed E-state index contributed by atoms with van der Waals surface area (Å²) in [5.74, 6) is -0.791. The van der Waals surface area contributed by atoms with Gasteiger partial charge in [0.25, 0.3) is 5.91 Å².